The van der Waals surface area contributed by atoms with E-state index in [4.69, 9.17) is 5.53 Å². The van der Waals surface area contributed by atoms with Crippen molar-refractivity contribution in [1.82, 2.24) is 0 Å². The van der Waals surface area contributed by atoms with Crippen molar-refractivity contribution in [3.8, 4) is 0 Å². The molecule has 0 aliphatic rings. The summed E-state index contributed by atoms with van der Waals surface area (Å²) in [5.41, 5.74) is 9.15. The third-order valence-corrected chi connectivity index (χ3v) is 1.87. The summed E-state index contributed by atoms with van der Waals surface area (Å²) in [7, 11) is 0. The Labute approximate surface area is 105 Å². The fourth-order valence-corrected chi connectivity index (χ4v) is 1.01. The Morgan fingerprint density at radius 3 is 2.19 bits per heavy atom. The molecule has 0 N–H and O–H groups in total. The first-order valence-corrected chi connectivity index (χ1v) is 5.33. The Hall–Kier alpha value is -1.12. The highest BCUT2D eigenvalue weighted by atomic mass is 32.1. The van der Waals surface area contributed by atoms with Gasteiger partial charge in [0.15, 0.2) is 0 Å². The molecule has 1 aromatic rings. The summed E-state index contributed by atoms with van der Waals surface area (Å²) in [6.45, 7) is 4.86. The molecule has 90 valence electrons. The van der Waals surface area contributed by atoms with Gasteiger partial charge in [-0.3, -0.25) is 0 Å². The van der Waals surface area contributed by atoms with Crippen molar-refractivity contribution >= 4 is 13.5 Å². The fourth-order valence-electron chi connectivity index (χ4n) is 1.01. The SMILES string of the molecule is CCCCCN=[N+]=[N-].Cc1ccccc1.S. The molecule has 0 aromatic heterocycles. The lowest BCUT2D eigenvalue weighted by Gasteiger charge is -1.86. The Balaban J connectivity index is 0. The van der Waals surface area contributed by atoms with Gasteiger partial charge < -0.3 is 0 Å². The van der Waals surface area contributed by atoms with Crippen LogP contribution in [0, 0.1) is 6.92 Å². The average Bonchev–Trinajstić information content (AvgIpc) is 2.27. The molecular weight excluding hydrogens is 218 g/mol. The zero-order chi connectivity index (χ0) is 11.4. The topological polar surface area (TPSA) is 48.8 Å². The molecule has 0 amide bonds. The van der Waals surface area contributed by atoms with Crippen molar-refractivity contribution in [3.05, 3.63) is 46.3 Å². The predicted octanol–water partition coefficient (Wildman–Crippen LogP) is 4.59. The molecule has 0 unspecified atom stereocenters. The average molecular weight is 239 g/mol. The Morgan fingerprint density at radius 2 is 1.81 bits per heavy atom. The number of azide groups is 1. The van der Waals surface area contributed by atoms with Crippen LogP contribution in [0.3, 0.4) is 0 Å². The van der Waals surface area contributed by atoms with E-state index in [2.05, 4.69) is 36.0 Å². The van der Waals surface area contributed by atoms with Crippen molar-refractivity contribution in [1.29, 1.82) is 0 Å². The molecule has 0 aliphatic carbocycles. The van der Waals surface area contributed by atoms with Crippen LogP contribution in [-0.4, -0.2) is 6.54 Å². The van der Waals surface area contributed by atoms with Gasteiger partial charge in [-0.1, -0.05) is 60.8 Å². The zero-order valence-electron chi connectivity index (χ0n) is 10.1. The third kappa shape index (κ3) is 12.9. The first kappa shape index (κ1) is 17.3. The highest BCUT2D eigenvalue weighted by molar-refractivity contribution is 7.59. The molecule has 0 saturated carbocycles. The second-order valence-electron chi connectivity index (χ2n) is 3.32. The van der Waals surface area contributed by atoms with E-state index in [-0.39, 0.29) is 13.5 Å². The van der Waals surface area contributed by atoms with Gasteiger partial charge in [-0.05, 0) is 18.9 Å². The van der Waals surface area contributed by atoms with E-state index in [1.54, 1.807) is 0 Å². The summed E-state index contributed by atoms with van der Waals surface area (Å²) in [6.07, 6.45) is 3.38. The number of hydrogen-bond acceptors (Lipinski definition) is 1. The van der Waals surface area contributed by atoms with E-state index < -0.39 is 0 Å². The first-order chi connectivity index (χ1) is 7.31. The van der Waals surface area contributed by atoms with E-state index in [0.717, 1.165) is 6.42 Å². The van der Waals surface area contributed by atoms with Crippen molar-refractivity contribution in [2.24, 2.45) is 5.11 Å². The van der Waals surface area contributed by atoms with Gasteiger partial charge in [-0.25, -0.2) is 0 Å². The van der Waals surface area contributed by atoms with Gasteiger partial charge in [0.2, 0.25) is 0 Å². The van der Waals surface area contributed by atoms with Crippen LogP contribution in [0.1, 0.15) is 31.7 Å². The smallest absolute Gasteiger partial charge is 0.0257 e. The van der Waals surface area contributed by atoms with Crippen molar-refractivity contribution in [2.45, 2.75) is 33.1 Å². The summed E-state index contributed by atoms with van der Waals surface area (Å²) in [5.74, 6) is 0. The summed E-state index contributed by atoms with van der Waals surface area (Å²) >= 11 is 0. The number of aryl methyl sites for hydroxylation is 1. The van der Waals surface area contributed by atoms with Gasteiger partial charge in [0.1, 0.15) is 0 Å². The van der Waals surface area contributed by atoms with Crippen molar-refractivity contribution in [3.63, 3.8) is 0 Å². The van der Waals surface area contributed by atoms with Crippen LogP contribution in [-0.2, 0) is 0 Å². The van der Waals surface area contributed by atoms with Gasteiger partial charge in [0.25, 0.3) is 0 Å². The molecule has 0 bridgehead atoms. The Bertz CT molecular complexity index is 282. The summed E-state index contributed by atoms with van der Waals surface area (Å²) in [6, 6.07) is 10.3. The number of hydrogen-bond donors (Lipinski definition) is 0. The van der Waals surface area contributed by atoms with Crippen LogP contribution in [0.5, 0.6) is 0 Å². The molecule has 0 atom stereocenters. The highest BCUT2D eigenvalue weighted by Gasteiger charge is 1.79. The molecule has 4 heteroatoms. The normalized spacial score (nSPS) is 7.88. The van der Waals surface area contributed by atoms with E-state index >= 15 is 0 Å². The molecule has 16 heavy (non-hydrogen) atoms. The summed E-state index contributed by atoms with van der Waals surface area (Å²) in [4.78, 5) is 2.63. The van der Waals surface area contributed by atoms with Gasteiger partial charge in [-0.2, -0.15) is 13.5 Å². The van der Waals surface area contributed by atoms with Gasteiger partial charge in [0.05, 0.1) is 0 Å². The standard InChI is InChI=1S/C7H8.C5H11N3.H2S/c1-7-5-3-2-4-6-7;1-2-3-4-5-7-8-6;/h2-6H,1H3;2-5H2,1H3;1H2. The molecule has 0 heterocycles. The number of unbranched alkanes of at least 4 members (excludes halogenated alkanes) is 2. The quantitative estimate of drug-likeness (QED) is 0.319. The number of rotatable bonds is 4. The van der Waals surface area contributed by atoms with Gasteiger partial charge in [-0.15, -0.1) is 0 Å². The maximum atomic E-state index is 7.82. The van der Waals surface area contributed by atoms with Crippen molar-refractivity contribution < 1.29 is 0 Å². The molecule has 1 rings (SSSR count). The highest BCUT2D eigenvalue weighted by Crippen LogP contribution is 1.93. The van der Waals surface area contributed by atoms with E-state index in [0.29, 0.717) is 6.54 Å². The fraction of sp³-hybridized carbons (Fsp3) is 0.500. The lowest BCUT2D eigenvalue weighted by atomic mass is 10.2. The minimum atomic E-state index is 0. The molecule has 3 nitrogen and oxygen atoms in total. The first-order valence-electron chi connectivity index (χ1n) is 5.33. The second kappa shape index (κ2) is 13.9. The molecule has 0 radical (unpaired) electrons. The van der Waals surface area contributed by atoms with Gasteiger partial charge >= 0.3 is 0 Å². The Morgan fingerprint density at radius 1 is 1.19 bits per heavy atom. The van der Waals surface area contributed by atoms with Crippen LogP contribution in [0.2, 0.25) is 0 Å². The van der Waals surface area contributed by atoms with E-state index in [1.165, 1.54) is 18.4 Å². The number of benzene rings is 1. The second-order valence-corrected chi connectivity index (χ2v) is 3.32. The van der Waals surface area contributed by atoms with E-state index in [1.807, 2.05) is 18.2 Å². The molecule has 1 aromatic carbocycles. The molecule has 0 spiro atoms. The summed E-state index contributed by atoms with van der Waals surface area (Å²) < 4.78 is 0. The molecule has 0 fully saturated rings. The summed E-state index contributed by atoms with van der Waals surface area (Å²) in [5, 5.41) is 3.39. The predicted molar refractivity (Wildman–Crippen MR) is 75.1 cm³/mol. The van der Waals surface area contributed by atoms with Crippen LogP contribution in [0.15, 0.2) is 35.4 Å². The van der Waals surface area contributed by atoms with Crippen LogP contribution in [0.4, 0.5) is 0 Å². The largest absolute Gasteiger partial charge is 0.197 e. The van der Waals surface area contributed by atoms with Crippen molar-refractivity contribution in [2.75, 3.05) is 6.54 Å². The maximum absolute atomic E-state index is 7.82. The third-order valence-electron chi connectivity index (χ3n) is 1.87. The van der Waals surface area contributed by atoms with Crippen LogP contribution >= 0.6 is 13.5 Å². The van der Waals surface area contributed by atoms with Gasteiger partial charge in [0, 0.05) is 11.5 Å². The Kier molecular flexibility index (Phi) is 15.0. The minimum absolute atomic E-state index is 0. The lowest BCUT2D eigenvalue weighted by molar-refractivity contribution is 0.725. The zero-order valence-corrected chi connectivity index (χ0v) is 11.1. The minimum Gasteiger partial charge on any atom is -0.197 e. The van der Waals surface area contributed by atoms with E-state index in [9.17, 15) is 0 Å². The van der Waals surface area contributed by atoms with Crippen LogP contribution in [0.25, 0.3) is 10.4 Å². The molecule has 0 aliphatic heterocycles. The monoisotopic (exact) mass is 239 g/mol. The van der Waals surface area contributed by atoms with Crippen LogP contribution < -0.4 is 0 Å². The molecule has 0 saturated heterocycles. The number of nitrogens with zero attached hydrogens (tertiary/aromatic N) is 3. The maximum Gasteiger partial charge on any atom is 0.0257 e. The molecular formula is C12H21N3S. The lowest BCUT2D eigenvalue weighted by Crippen LogP contribution is -1.76.